The second kappa shape index (κ2) is 8.41. The Balaban J connectivity index is 1.61. The van der Waals surface area contributed by atoms with Crippen molar-refractivity contribution >= 4 is 29.5 Å². The van der Waals surface area contributed by atoms with Gasteiger partial charge in [-0.3, -0.25) is 14.5 Å². The first-order valence-corrected chi connectivity index (χ1v) is 11.0. The van der Waals surface area contributed by atoms with E-state index in [1.807, 2.05) is 52.1 Å². The van der Waals surface area contributed by atoms with E-state index >= 15 is 0 Å². The molecule has 2 aromatic heterocycles. The Labute approximate surface area is 174 Å². The maximum absolute atomic E-state index is 13.5. The van der Waals surface area contributed by atoms with Crippen LogP contribution in [0.15, 0.2) is 47.8 Å². The normalized spacial score (nSPS) is 15.2. The molecule has 0 bridgehead atoms. The van der Waals surface area contributed by atoms with Crippen molar-refractivity contribution in [3.8, 4) is 10.7 Å². The fourth-order valence-corrected chi connectivity index (χ4v) is 4.64. The highest BCUT2D eigenvalue weighted by atomic mass is 32.1. The maximum Gasteiger partial charge on any atom is 0.245 e. The van der Waals surface area contributed by atoms with Gasteiger partial charge in [0.15, 0.2) is 10.6 Å². The fourth-order valence-electron chi connectivity index (χ4n) is 3.64. The molecule has 0 spiro atoms. The van der Waals surface area contributed by atoms with E-state index in [4.69, 9.17) is 12.2 Å². The maximum atomic E-state index is 13.5. The highest BCUT2D eigenvalue weighted by Crippen LogP contribution is 2.30. The van der Waals surface area contributed by atoms with Crippen LogP contribution in [0.1, 0.15) is 37.8 Å². The van der Waals surface area contributed by atoms with Gasteiger partial charge in [-0.2, -0.15) is 5.10 Å². The Morgan fingerprint density at radius 3 is 2.75 bits per heavy atom. The van der Waals surface area contributed by atoms with Crippen LogP contribution in [0.2, 0.25) is 0 Å². The number of benzene rings is 1. The van der Waals surface area contributed by atoms with Crippen molar-refractivity contribution in [1.82, 2.24) is 19.7 Å². The van der Waals surface area contributed by atoms with Crippen molar-refractivity contribution < 1.29 is 4.79 Å². The van der Waals surface area contributed by atoms with Gasteiger partial charge in [0.1, 0.15) is 6.04 Å². The molecule has 0 saturated heterocycles. The van der Waals surface area contributed by atoms with Crippen molar-refractivity contribution in [1.29, 1.82) is 0 Å². The summed E-state index contributed by atoms with van der Waals surface area (Å²) in [5.74, 6) is 1.42. The molecule has 1 N–H and O–H groups in total. The highest BCUT2D eigenvalue weighted by Gasteiger charge is 2.29. The molecule has 1 amide bonds. The monoisotopic (exact) mass is 412 g/mol. The largest absolute Gasteiger partial charge is 0.336 e. The first kappa shape index (κ1) is 19.1. The van der Waals surface area contributed by atoms with Crippen molar-refractivity contribution in [3.63, 3.8) is 0 Å². The summed E-state index contributed by atoms with van der Waals surface area (Å²) in [6.07, 6.45) is 3.68. The highest BCUT2D eigenvalue weighted by molar-refractivity contribution is 7.71. The Morgan fingerprint density at radius 1 is 1.32 bits per heavy atom. The summed E-state index contributed by atoms with van der Waals surface area (Å²) < 4.78 is 2.33. The zero-order valence-electron chi connectivity index (χ0n) is 15.9. The van der Waals surface area contributed by atoms with E-state index in [1.165, 1.54) is 19.3 Å². The number of aromatic amines is 1. The third-order valence-corrected chi connectivity index (χ3v) is 6.58. The lowest BCUT2D eigenvalue weighted by molar-refractivity contribution is -0.136. The standard InChI is InChI=1S/C21H24N4OS2/c1-15(25-19(22-23-21(25)27)18-11-6-12-28-18)20(26)24(14-17-9-5-10-17)13-16-7-3-2-4-8-16/h2-4,6-8,11-12,15,17H,5,9-10,13-14H2,1H3,(H,23,27). The van der Waals surface area contributed by atoms with E-state index < -0.39 is 6.04 Å². The molecule has 5 nitrogen and oxygen atoms in total. The number of hydrogen-bond donors (Lipinski definition) is 1. The Kier molecular flexibility index (Phi) is 5.73. The molecule has 1 aliphatic rings. The lowest BCUT2D eigenvalue weighted by Crippen LogP contribution is -2.40. The van der Waals surface area contributed by atoms with Crippen LogP contribution in [0.3, 0.4) is 0 Å². The lowest BCUT2D eigenvalue weighted by Gasteiger charge is -2.34. The summed E-state index contributed by atoms with van der Waals surface area (Å²) >= 11 is 7.05. The molecule has 1 saturated carbocycles. The summed E-state index contributed by atoms with van der Waals surface area (Å²) in [5, 5.41) is 9.25. The predicted octanol–water partition coefficient (Wildman–Crippen LogP) is 5.06. The number of rotatable bonds is 7. The van der Waals surface area contributed by atoms with Gasteiger partial charge in [0, 0.05) is 13.1 Å². The lowest BCUT2D eigenvalue weighted by atomic mass is 9.85. The van der Waals surface area contributed by atoms with Gasteiger partial charge in [-0.05, 0) is 54.9 Å². The Hall–Kier alpha value is -2.25. The van der Waals surface area contributed by atoms with Gasteiger partial charge in [0.05, 0.1) is 4.88 Å². The SMILES string of the molecule is CC(C(=O)N(Cc1ccccc1)CC1CCC1)n1c(-c2cccs2)n[nH]c1=S. The van der Waals surface area contributed by atoms with Crippen molar-refractivity contribution in [2.75, 3.05) is 6.54 Å². The van der Waals surface area contributed by atoms with E-state index in [-0.39, 0.29) is 5.91 Å². The van der Waals surface area contributed by atoms with Gasteiger partial charge < -0.3 is 4.90 Å². The van der Waals surface area contributed by atoms with Crippen LogP contribution in [0.25, 0.3) is 10.7 Å². The van der Waals surface area contributed by atoms with Crippen LogP contribution < -0.4 is 0 Å². The molecule has 1 atom stereocenters. The smallest absolute Gasteiger partial charge is 0.245 e. The summed E-state index contributed by atoms with van der Waals surface area (Å²) in [6, 6.07) is 13.8. The molecule has 1 unspecified atom stereocenters. The van der Waals surface area contributed by atoms with E-state index in [2.05, 4.69) is 22.3 Å². The van der Waals surface area contributed by atoms with Gasteiger partial charge in [-0.15, -0.1) is 11.3 Å². The number of aromatic nitrogens is 3. The summed E-state index contributed by atoms with van der Waals surface area (Å²) in [6.45, 7) is 3.35. The van der Waals surface area contributed by atoms with Crippen molar-refractivity contribution in [3.05, 3.63) is 58.2 Å². The van der Waals surface area contributed by atoms with Crippen molar-refractivity contribution in [2.45, 2.75) is 38.8 Å². The van der Waals surface area contributed by atoms with E-state index in [9.17, 15) is 4.79 Å². The minimum Gasteiger partial charge on any atom is -0.336 e. The zero-order chi connectivity index (χ0) is 19.5. The van der Waals surface area contributed by atoms with E-state index in [1.54, 1.807) is 11.3 Å². The minimum absolute atomic E-state index is 0.0889. The second-order valence-electron chi connectivity index (χ2n) is 7.38. The summed E-state index contributed by atoms with van der Waals surface area (Å²) in [4.78, 5) is 16.5. The molecule has 146 valence electrons. The van der Waals surface area contributed by atoms with Gasteiger partial charge in [0.25, 0.3) is 0 Å². The summed E-state index contributed by atoms with van der Waals surface area (Å²) in [5.41, 5.74) is 1.15. The second-order valence-corrected chi connectivity index (χ2v) is 8.71. The molecular weight excluding hydrogens is 388 g/mol. The van der Waals surface area contributed by atoms with Gasteiger partial charge >= 0.3 is 0 Å². The molecule has 3 aromatic rings. The number of hydrogen-bond acceptors (Lipinski definition) is 4. The van der Waals surface area contributed by atoms with E-state index in [0.717, 1.165) is 22.8 Å². The van der Waals surface area contributed by atoms with Crippen LogP contribution in [-0.4, -0.2) is 32.1 Å². The molecule has 1 fully saturated rings. The fraction of sp³-hybridized carbons (Fsp3) is 0.381. The molecule has 7 heteroatoms. The number of nitrogens with one attached hydrogen (secondary N) is 1. The molecule has 0 radical (unpaired) electrons. The van der Waals surface area contributed by atoms with Gasteiger partial charge in [-0.25, -0.2) is 0 Å². The molecular formula is C21H24N4OS2. The number of carbonyl (C=O) groups is 1. The summed E-state index contributed by atoms with van der Waals surface area (Å²) in [7, 11) is 0. The molecule has 4 rings (SSSR count). The molecule has 2 heterocycles. The molecule has 1 aromatic carbocycles. The van der Waals surface area contributed by atoms with Crippen LogP contribution in [0.5, 0.6) is 0 Å². The topological polar surface area (TPSA) is 53.9 Å². The van der Waals surface area contributed by atoms with Crippen LogP contribution in [-0.2, 0) is 11.3 Å². The number of nitrogens with zero attached hydrogens (tertiary/aromatic N) is 3. The average molecular weight is 413 g/mol. The minimum atomic E-state index is -0.410. The number of amides is 1. The Bertz CT molecular complexity index is 974. The zero-order valence-corrected chi connectivity index (χ0v) is 17.5. The Morgan fingerprint density at radius 2 is 2.11 bits per heavy atom. The number of thiophene rings is 1. The van der Waals surface area contributed by atoms with Crippen LogP contribution >= 0.6 is 23.6 Å². The predicted molar refractivity (Wildman–Crippen MR) is 115 cm³/mol. The van der Waals surface area contributed by atoms with Gasteiger partial charge in [-0.1, -0.05) is 42.8 Å². The van der Waals surface area contributed by atoms with Crippen LogP contribution in [0.4, 0.5) is 0 Å². The number of carbonyl (C=O) groups excluding carboxylic acids is 1. The average Bonchev–Trinajstić information content (AvgIpc) is 3.32. The number of H-pyrrole nitrogens is 1. The van der Waals surface area contributed by atoms with Crippen molar-refractivity contribution in [2.24, 2.45) is 5.92 Å². The van der Waals surface area contributed by atoms with Gasteiger partial charge in [0.2, 0.25) is 5.91 Å². The van der Waals surface area contributed by atoms with E-state index in [0.29, 0.717) is 17.2 Å². The molecule has 28 heavy (non-hydrogen) atoms. The first-order chi connectivity index (χ1) is 13.6. The quantitative estimate of drug-likeness (QED) is 0.552. The third-order valence-electron chi connectivity index (χ3n) is 5.42. The molecule has 0 aliphatic heterocycles. The first-order valence-electron chi connectivity index (χ1n) is 9.67. The molecule has 1 aliphatic carbocycles. The van der Waals surface area contributed by atoms with Crippen LogP contribution in [0, 0.1) is 10.7 Å². The third kappa shape index (κ3) is 3.95.